The second-order valence-corrected chi connectivity index (χ2v) is 4.25. The van der Waals surface area contributed by atoms with Crippen molar-refractivity contribution in [1.29, 1.82) is 0 Å². The summed E-state index contributed by atoms with van der Waals surface area (Å²) in [6, 6.07) is 4.55. The van der Waals surface area contributed by atoms with Gasteiger partial charge >= 0.3 is 5.97 Å². The van der Waals surface area contributed by atoms with E-state index in [1.165, 1.54) is 18.2 Å². The Hall–Kier alpha value is -0.978. The summed E-state index contributed by atoms with van der Waals surface area (Å²) in [5.41, 5.74) is 0.268. The Bertz CT molecular complexity index is 367. The molecular formula is C11H14AlO3. The molecule has 0 atom stereocenters. The molecule has 2 N–H and O–H groups in total. The van der Waals surface area contributed by atoms with Crippen molar-refractivity contribution in [3.8, 4) is 5.75 Å². The maximum absolute atomic E-state index is 10.9. The van der Waals surface area contributed by atoms with Crippen LogP contribution in [0.25, 0.3) is 0 Å². The molecule has 0 amide bonds. The third kappa shape index (κ3) is 2.99. The van der Waals surface area contributed by atoms with Gasteiger partial charge in [-0.1, -0.05) is 26.8 Å². The predicted octanol–water partition coefficient (Wildman–Crippen LogP) is 2.01. The van der Waals surface area contributed by atoms with Crippen LogP contribution in [0.1, 0.15) is 36.7 Å². The summed E-state index contributed by atoms with van der Waals surface area (Å²) in [6.45, 7) is 5.61. The average molecular weight is 221 g/mol. The molecule has 15 heavy (non-hydrogen) atoms. The van der Waals surface area contributed by atoms with Crippen LogP contribution in [0.15, 0.2) is 18.2 Å². The fourth-order valence-corrected chi connectivity index (χ4v) is 1.51. The fraction of sp³-hybridized carbons (Fsp3) is 0.364. The van der Waals surface area contributed by atoms with Gasteiger partial charge in [-0.2, -0.15) is 0 Å². The van der Waals surface area contributed by atoms with Crippen molar-refractivity contribution in [2.24, 2.45) is 0 Å². The van der Waals surface area contributed by atoms with E-state index >= 15 is 0 Å². The highest BCUT2D eigenvalue weighted by molar-refractivity contribution is 5.90. The van der Waals surface area contributed by atoms with Gasteiger partial charge in [0.2, 0.25) is 0 Å². The van der Waals surface area contributed by atoms with Crippen molar-refractivity contribution >= 4 is 23.3 Å². The molecule has 0 aromatic heterocycles. The van der Waals surface area contributed by atoms with Crippen LogP contribution in [-0.4, -0.2) is 33.5 Å². The Morgan fingerprint density at radius 3 is 2.13 bits per heavy atom. The van der Waals surface area contributed by atoms with Crippen molar-refractivity contribution in [3.05, 3.63) is 29.3 Å². The molecule has 0 fully saturated rings. The van der Waals surface area contributed by atoms with Gasteiger partial charge in [0.25, 0.3) is 0 Å². The van der Waals surface area contributed by atoms with Gasteiger partial charge in [-0.3, -0.25) is 0 Å². The number of aromatic carboxylic acids is 1. The highest BCUT2D eigenvalue weighted by Crippen LogP contribution is 2.33. The highest BCUT2D eigenvalue weighted by atomic mass is 27.0. The summed E-state index contributed by atoms with van der Waals surface area (Å²) in [4.78, 5) is 10.9. The lowest BCUT2D eigenvalue weighted by molar-refractivity contribution is 0.0693. The Balaban J connectivity index is 0.00000196. The van der Waals surface area contributed by atoms with E-state index in [2.05, 4.69) is 0 Å². The van der Waals surface area contributed by atoms with Crippen LogP contribution in [-0.2, 0) is 5.41 Å². The van der Waals surface area contributed by atoms with Gasteiger partial charge in [0.1, 0.15) is 5.75 Å². The summed E-state index contributed by atoms with van der Waals surface area (Å²) in [6.07, 6.45) is 0. The molecule has 1 rings (SSSR count). The maximum Gasteiger partial charge on any atom is 0.336 e. The Kier molecular flexibility index (Phi) is 4.39. The number of benzene rings is 1. The molecule has 0 bridgehead atoms. The Morgan fingerprint density at radius 2 is 1.80 bits per heavy atom. The number of rotatable bonds is 1. The minimum atomic E-state index is -1.01. The molecule has 0 aliphatic rings. The van der Waals surface area contributed by atoms with Crippen LogP contribution in [0.2, 0.25) is 0 Å². The Labute approximate surface area is 99.9 Å². The van der Waals surface area contributed by atoms with E-state index in [9.17, 15) is 9.90 Å². The number of carboxylic acids is 1. The molecule has 0 unspecified atom stereocenters. The second-order valence-electron chi connectivity index (χ2n) is 4.25. The SMILES string of the molecule is CC(C)(C)c1c(O)cccc1C(=O)O.[Al]. The Morgan fingerprint density at radius 1 is 1.27 bits per heavy atom. The molecule has 1 aromatic carbocycles. The third-order valence-electron chi connectivity index (χ3n) is 2.02. The van der Waals surface area contributed by atoms with Gasteiger partial charge in [-0.05, 0) is 17.5 Å². The zero-order valence-corrected chi connectivity index (χ0v) is 10.3. The van der Waals surface area contributed by atoms with Crippen LogP contribution >= 0.6 is 0 Å². The van der Waals surface area contributed by atoms with Gasteiger partial charge < -0.3 is 10.2 Å². The minimum Gasteiger partial charge on any atom is -0.508 e. The number of phenolic OH excluding ortho intramolecular Hbond substituents is 1. The van der Waals surface area contributed by atoms with Crippen molar-refractivity contribution in [3.63, 3.8) is 0 Å². The highest BCUT2D eigenvalue weighted by Gasteiger charge is 2.24. The van der Waals surface area contributed by atoms with Gasteiger partial charge in [0, 0.05) is 22.9 Å². The van der Waals surface area contributed by atoms with Crippen molar-refractivity contribution in [2.75, 3.05) is 0 Å². The molecule has 3 radical (unpaired) electrons. The smallest absolute Gasteiger partial charge is 0.336 e. The first-order valence-electron chi connectivity index (χ1n) is 4.40. The van der Waals surface area contributed by atoms with Crippen molar-refractivity contribution in [2.45, 2.75) is 26.2 Å². The number of hydrogen-bond donors (Lipinski definition) is 2. The first-order chi connectivity index (χ1) is 6.34. The number of carbonyl (C=O) groups is 1. The zero-order chi connectivity index (χ0) is 10.9. The molecule has 0 aliphatic carbocycles. The minimum absolute atomic E-state index is 0. The number of hydrogen-bond acceptors (Lipinski definition) is 2. The molecular weight excluding hydrogens is 207 g/mol. The standard InChI is InChI=1S/C11H14O3.Al/c1-11(2,3)9-7(10(13)14)5-4-6-8(9)12;/h4-6,12H,1-3H3,(H,13,14);. The molecule has 4 heteroatoms. The predicted molar refractivity (Wildman–Crippen MR) is 59.5 cm³/mol. The van der Waals surface area contributed by atoms with E-state index in [4.69, 9.17) is 5.11 Å². The molecule has 3 nitrogen and oxygen atoms in total. The first-order valence-corrected chi connectivity index (χ1v) is 4.40. The van der Waals surface area contributed by atoms with E-state index in [0.29, 0.717) is 5.56 Å². The lowest BCUT2D eigenvalue weighted by Gasteiger charge is -2.22. The normalized spacial score (nSPS) is 10.6. The van der Waals surface area contributed by atoms with E-state index < -0.39 is 5.97 Å². The summed E-state index contributed by atoms with van der Waals surface area (Å²) in [5.74, 6) is -0.969. The molecule has 0 spiro atoms. The quantitative estimate of drug-likeness (QED) is 0.713. The lowest BCUT2D eigenvalue weighted by atomic mass is 9.83. The van der Waals surface area contributed by atoms with Crippen LogP contribution in [0.5, 0.6) is 5.75 Å². The molecule has 79 valence electrons. The monoisotopic (exact) mass is 221 g/mol. The lowest BCUT2D eigenvalue weighted by Crippen LogP contribution is -2.17. The molecule has 0 saturated heterocycles. The average Bonchev–Trinajstić information content (AvgIpc) is 2.01. The molecule has 1 aromatic rings. The van der Waals surface area contributed by atoms with E-state index in [1.54, 1.807) is 0 Å². The van der Waals surface area contributed by atoms with Crippen LogP contribution in [0, 0.1) is 0 Å². The van der Waals surface area contributed by atoms with Crippen molar-refractivity contribution < 1.29 is 15.0 Å². The maximum atomic E-state index is 10.9. The summed E-state index contributed by atoms with van der Waals surface area (Å²) < 4.78 is 0. The fourth-order valence-electron chi connectivity index (χ4n) is 1.51. The van der Waals surface area contributed by atoms with E-state index in [1.807, 2.05) is 20.8 Å². The summed E-state index contributed by atoms with van der Waals surface area (Å²) in [5, 5.41) is 18.6. The van der Waals surface area contributed by atoms with Crippen LogP contribution in [0.4, 0.5) is 0 Å². The third-order valence-corrected chi connectivity index (χ3v) is 2.02. The topological polar surface area (TPSA) is 57.5 Å². The van der Waals surface area contributed by atoms with Gasteiger partial charge in [0.05, 0.1) is 5.56 Å². The molecule has 0 aliphatic heterocycles. The van der Waals surface area contributed by atoms with E-state index in [-0.39, 0.29) is 34.1 Å². The largest absolute Gasteiger partial charge is 0.508 e. The van der Waals surface area contributed by atoms with Crippen molar-refractivity contribution in [1.82, 2.24) is 0 Å². The number of aromatic hydroxyl groups is 1. The summed E-state index contributed by atoms with van der Waals surface area (Å²) >= 11 is 0. The number of phenols is 1. The molecule has 0 saturated carbocycles. The van der Waals surface area contributed by atoms with Gasteiger partial charge in [-0.25, -0.2) is 4.79 Å². The number of carboxylic acid groups (broad SMARTS) is 1. The zero-order valence-electron chi connectivity index (χ0n) is 9.11. The second kappa shape index (κ2) is 4.70. The van der Waals surface area contributed by atoms with Gasteiger partial charge in [0.15, 0.2) is 0 Å². The van der Waals surface area contributed by atoms with Crippen LogP contribution < -0.4 is 0 Å². The first kappa shape index (κ1) is 14.0. The molecule has 0 heterocycles. The van der Waals surface area contributed by atoms with Crippen LogP contribution in [0.3, 0.4) is 0 Å². The summed E-state index contributed by atoms with van der Waals surface area (Å²) in [7, 11) is 0. The van der Waals surface area contributed by atoms with Gasteiger partial charge in [-0.15, -0.1) is 0 Å². The van der Waals surface area contributed by atoms with E-state index in [0.717, 1.165) is 0 Å².